The van der Waals surface area contributed by atoms with Crippen molar-refractivity contribution in [3.8, 4) is 5.88 Å². The molecule has 0 spiro atoms. The Morgan fingerprint density at radius 1 is 1.62 bits per heavy atom. The highest BCUT2D eigenvalue weighted by Crippen LogP contribution is 2.15. The Balaban J connectivity index is 2.89. The van der Waals surface area contributed by atoms with Crippen molar-refractivity contribution in [2.45, 2.75) is 6.92 Å². The van der Waals surface area contributed by atoms with Crippen molar-refractivity contribution < 1.29 is 4.74 Å². The molecule has 0 aliphatic rings. The van der Waals surface area contributed by atoms with Crippen LogP contribution in [-0.4, -0.2) is 17.8 Å². The molecule has 13 heavy (non-hydrogen) atoms. The Bertz CT molecular complexity index is 310. The summed E-state index contributed by atoms with van der Waals surface area (Å²) in [5.74, 6) is 1.42. The minimum atomic E-state index is 0.683. The van der Waals surface area contributed by atoms with Gasteiger partial charge in [0.15, 0.2) is 0 Å². The van der Waals surface area contributed by atoms with Crippen LogP contribution in [0.4, 0.5) is 0 Å². The molecule has 0 N–H and O–H groups in total. The molecule has 0 atom stereocenters. The lowest BCUT2D eigenvalue weighted by Gasteiger charge is -2.02. The molecular weight excluding hydrogens is 182 g/mol. The molecule has 1 aromatic heterocycles. The monoisotopic (exact) mass is 195 g/mol. The number of hydrogen-bond donors (Lipinski definition) is 1. The third kappa shape index (κ3) is 2.77. The minimum Gasteiger partial charge on any atom is -0.481 e. The van der Waals surface area contributed by atoms with Crippen molar-refractivity contribution in [3.05, 3.63) is 29.5 Å². The average molecular weight is 195 g/mol. The van der Waals surface area contributed by atoms with Gasteiger partial charge in [-0.1, -0.05) is 12.2 Å². The van der Waals surface area contributed by atoms with Gasteiger partial charge in [-0.05, 0) is 18.6 Å². The average Bonchev–Trinajstić information content (AvgIpc) is 2.15. The molecule has 0 saturated carbocycles. The Kier molecular flexibility index (Phi) is 3.83. The summed E-state index contributed by atoms with van der Waals surface area (Å²) in [6, 6.07) is 2.03. The topological polar surface area (TPSA) is 22.1 Å². The van der Waals surface area contributed by atoms with Crippen LogP contribution in [0, 0.1) is 6.92 Å². The second kappa shape index (κ2) is 4.92. The van der Waals surface area contributed by atoms with Gasteiger partial charge in [0.1, 0.15) is 0 Å². The Morgan fingerprint density at radius 3 is 2.92 bits per heavy atom. The first kappa shape index (κ1) is 10.1. The van der Waals surface area contributed by atoms with Crippen molar-refractivity contribution in [2.75, 3.05) is 12.9 Å². The van der Waals surface area contributed by atoms with E-state index in [4.69, 9.17) is 4.74 Å². The number of pyridine rings is 1. The number of rotatable bonds is 3. The van der Waals surface area contributed by atoms with Gasteiger partial charge >= 0.3 is 0 Å². The first-order valence-electron chi connectivity index (χ1n) is 4.06. The van der Waals surface area contributed by atoms with Gasteiger partial charge in [0.25, 0.3) is 0 Å². The lowest BCUT2D eigenvalue weighted by Crippen LogP contribution is -1.91. The van der Waals surface area contributed by atoms with Gasteiger partial charge in [0.05, 0.1) is 7.11 Å². The van der Waals surface area contributed by atoms with Crippen molar-refractivity contribution in [2.24, 2.45) is 0 Å². The molecule has 3 heteroatoms. The van der Waals surface area contributed by atoms with E-state index in [0.29, 0.717) is 5.88 Å². The molecule has 1 rings (SSSR count). The van der Waals surface area contributed by atoms with Gasteiger partial charge < -0.3 is 4.74 Å². The predicted octanol–water partition coefficient (Wildman–Crippen LogP) is 2.34. The summed E-state index contributed by atoms with van der Waals surface area (Å²) < 4.78 is 5.05. The minimum absolute atomic E-state index is 0.683. The zero-order valence-corrected chi connectivity index (χ0v) is 8.71. The molecule has 2 nitrogen and oxygen atoms in total. The van der Waals surface area contributed by atoms with Crippen molar-refractivity contribution >= 4 is 18.7 Å². The highest BCUT2D eigenvalue weighted by Gasteiger charge is 1.98. The van der Waals surface area contributed by atoms with Crippen molar-refractivity contribution in [3.63, 3.8) is 0 Å². The molecule has 0 fully saturated rings. The fraction of sp³-hybridized carbons (Fsp3) is 0.300. The lowest BCUT2D eigenvalue weighted by molar-refractivity contribution is 0.394. The Morgan fingerprint density at radius 2 is 2.38 bits per heavy atom. The number of hydrogen-bond acceptors (Lipinski definition) is 3. The molecule has 0 radical (unpaired) electrons. The maximum atomic E-state index is 5.05. The quantitative estimate of drug-likeness (QED) is 0.748. The van der Waals surface area contributed by atoms with E-state index in [1.807, 2.05) is 25.1 Å². The number of methoxy groups -OCH3 is 1. The maximum Gasteiger partial charge on any atom is 0.215 e. The zero-order chi connectivity index (χ0) is 9.68. The van der Waals surface area contributed by atoms with Crippen LogP contribution in [0.25, 0.3) is 6.08 Å². The molecule has 0 bridgehead atoms. The fourth-order valence-corrected chi connectivity index (χ4v) is 1.18. The van der Waals surface area contributed by atoms with Crippen molar-refractivity contribution in [1.29, 1.82) is 0 Å². The van der Waals surface area contributed by atoms with E-state index in [-0.39, 0.29) is 0 Å². The molecule has 70 valence electrons. The number of ether oxygens (including phenoxy) is 1. The van der Waals surface area contributed by atoms with Crippen LogP contribution in [0.1, 0.15) is 11.1 Å². The van der Waals surface area contributed by atoms with E-state index in [2.05, 4.69) is 17.6 Å². The Labute approximate surface area is 84.1 Å². The highest BCUT2D eigenvalue weighted by atomic mass is 32.1. The van der Waals surface area contributed by atoms with E-state index in [9.17, 15) is 0 Å². The summed E-state index contributed by atoms with van der Waals surface area (Å²) in [5, 5.41) is 0. The number of aryl methyl sites for hydroxylation is 1. The summed E-state index contributed by atoms with van der Waals surface area (Å²) in [6.45, 7) is 1.98. The molecule has 0 saturated heterocycles. The zero-order valence-electron chi connectivity index (χ0n) is 7.82. The Hall–Kier alpha value is -0.960. The van der Waals surface area contributed by atoms with Crippen molar-refractivity contribution in [1.82, 2.24) is 4.98 Å². The SMILES string of the molecule is COc1ncc(C=CCS)cc1C. The summed E-state index contributed by atoms with van der Waals surface area (Å²) in [4.78, 5) is 4.15. The molecule has 0 aromatic carbocycles. The van der Waals surface area contributed by atoms with Crippen LogP contribution in [-0.2, 0) is 0 Å². The first-order chi connectivity index (χ1) is 6.27. The van der Waals surface area contributed by atoms with E-state index >= 15 is 0 Å². The molecule has 0 aliphatic carbocycles. The fourth-order valence-electron chi connectivity index (χ4n) is 1.08. The molecule has 0 amide bonds. The first-order valence-corrected chi connectivity index (χ1v) is 4.69. The highest BCUT2D eigenvalue weighted by molar-refractivity contribution is 7.80. The molecule has 1 aromatic rings. The van der Waals surface area contributed by atoms with E-state index < -0.39 is 0 Å². The molecule has 1 heterocycles. The van der Waals surface area contributed by atoms with Gasteiger partial charge in [0, 0.05) is 17.5 Å². The summed E-state index contributed by atoms with van der Waals surface area (Å²) in [6.07, 6.45) is 5.75. The summed E-state index contributed by atoms with van der Waals surface area (Å²) in [7, 11) is 1.62. The van der Waals surface area contributed by atoms with Crippen LogP contribution >= 0.6 is 12.6 Å². The van der Waals surface area contributed by atoms with Crippen LogP contribution in [0.15, 0.2) is 18.3 Å². The summed E-state index contributed by atoms with van der Waals surface area (Å²) >= 11 is 4.08. The largest absolute Gasteiger partial charge is 0.481 e. The standard InChI is InChI=1S/C10H13NOS/c1-8-6-9(4-3-5-13)7-11-10(8)12-2/h3-4,6-7,13H,5H2,1-2H3. The van der Waals surface area contributed by atoms with E-state index in [1.54, 1.807) is 13.3 Å². The van der Waals surface area contributed by atoms with E-state index in [0.717, 1.165) is 16.9 Å². The van der Waals surface area contributed by atoms with Crippen LogP contribution in [0.3, 0.4) is 0 Å². The number of nitrogens with zero attached hydrogens (tertiary/aromatic N) is 1. The van der Waals surface area contributed by atoms with Crippen LogP contribution in [0.5, 0.6) is 5.88 Å². The van der Waals surface area contributed by atoms with Crippen LogP contribution in [0.2, 0.25) is 0 Å². The van der Waals surface area contributed by atoms with Gasteiger partial charge in [-0.15, -0.1) is 0 Å². The summed E-state index contributed by atoms with van der Waals surface area (Å²) in [5.41, 5.74) is 2.12. The molecule has 0 unspecified atom stereocenters. The maximum absolute atomic E-state index is 5.05. The van der Waals surface area contributed by atoms with Gasteiger partial charge in [-0.2, -0.15) is 12.6 Å². The number of aromatic nitrogens is 1. The lowest BCUT2D eigenvalue weighted by atomic mass is 10.2. The second-order valence-electron chi connectivity index (χ2n) is 2.68. The molecular formula is C10H13NOS. The predicted molar refractivity (Wildman–Crippen MR) is 58.4 cm³/mol. The number of thiol groups is 1. The van der Waals surface area contributed by atoms with Crippen LogP contribution < -0.4 is 4.74 Å². The van der Waals surface area contributed by atoms with E-state index in [1.165, 1.54) is 0 Å². The third-order valence-electron chi connectivity index (χ3n) is 1.66. The molecule has 0 aliphatic heterocycles. The normalized spacial score (nSPS) is 10.7. The second-order valence-corrected chi connectivity index (χ2v) is 3.04. The third-order valence-corrected chi connectivity index (χ3v) is 1.87. The van der Waals surface area contributed by atoms with Gasteiger partial charge in [0.2, 0.25) is 5.88 Å². The van der Waals surface area contributed by atoms with Gasteiger partial charge in [-0.3, -0.25) is 0 Å². The smallest absolute Gasteiger partial charge is 0.215 e. The van der Waals surface area contributed by atoms with Gasteiger partial charge in [-0.25, -0.2) is 4.98 Å².